The van der Waals surface area contributed by atoms with Gasteiger partial charge in [-0.1, -0.05) is 0 Å². The summed E-state index contributed by atoms with van der Waals surface area (Å²) in [5, 5.41) is 11.1. The van der Waals surface area contributed by atoms with E-state index in [0.29, 0.717) is 0 Å². The number of esters is 4. The molecule has 0 aromatic carbocycles. The monoisotopic (exact) mass is 456 g/mol. The highest BCUT2D eigenvalue weighted by molar-refractivity contribution is 5.98. The zero-order valence-corrected chi connectivity index (χ0v) is 18.8. The summed E-state index contributed by atoms with van der Waals surface area (Å²) in [7, 11) is 4.46. The zero-order chi connectivity index (χ0) is 24.3. The maximum absolute atomic E-state index is 12.9. The summed E-state index contributed by atoms with van der Waals surface area (Å²) in [5.41, 5.74) is -2.26. The van der Waals surface area contributed by atoms with E-state index in [1.165, 1.54) is 26.2 Å². The minimum absolute atomic E-state index is 0.0241. The molecule has 2 aliphatic heterocycles. The molecule has 0 aromatic rings. The van der Waals surface area contributed by atoms with Crippen LogP contribution in [0.3, 0.4) is 0 Å². The van der Waals surface area contributed by atoms with Crippen LogP contribution < -0.4 is 0 Å². The Labute approximate surface area is 185 Å². The van der Waals surface area contributed by atoms with Crippen LogP contribution in [-0.4, -0.2) is 75.4 Å². The number of fused-ring (bicyclic) bond motifs is 2. The van der Waals surface area contributed by atoms with Gasteiger partial charge in [-0.05, 0) is 32.4 Å². The van der Waals surface area contributed by atoms with Crippen molar-refractivity contribution in [1.82, 2.24) is 0 Å². The van der Waals surface area contributed by atoms with Crippen molar-refractivity contribution in [3.63, 3.8) is 0 Å². The van der Waals surface area contributed by atoms with Crippen molar-refractivity contribution in [3.05, 3.63) is 23.5 Å². The van der Waals surface area contributed by atoms with Crippen LogP contribution in [0.1, 0.15) is 20.3 Å². The average molecular weight is 456 g/mol. The molecule has 0 spiro atoms. The number of hydrogen-bond donors (Lipinski definition) is 1. The molecule has 0 saturated carbocycles. The van der Waals surface area contributed by atoms with E-state index in [2.05, 4.69) is 0 Å². The highest BCUT2D eigenvalue weighted by Gasteiger charge is 2.59. The van der Waals surface area contributed by atoms with E-state index in [0.717, 1.165) is 21.3 Å². The second kappa shape index (κ2) is 9.70. The lowest BCUT2D eigenvalue weighted by Gasteiger charge is -2.36. The number of rotatable bonds is 6. The van der Waals surface area contributed by atoms with Crippen molar-refractivity contribution in [1.29, 1.82) is 0 Å². The molecular weight excluding hydrogens is 428 g/mol. The van der Waals surface area contributed by atoms with E-state index >= 15 is 0 Å². The molecule has 32 heavy (non-hydrogen) atoms. The molecule has 2 aliphatic rings. The van der Waals surface area contributed by atoms with Crippen LogP contribution in [0.4, 0.5) is 0 Å². The highest BCUT2D eigenvalue weighted by atomic mass is 16.7. The number of aliphatic hydroxyl groups excluding tert-OH is 1. The Morgan fingerprint density at radius 1 is 1.03 bits per heavy atom. The fraction of sp³-hybridized carbons (Fsp3) is 0.619. The molecule has 0 radical (unpaired) electrons. The number of carbonyl (C=O) groups is 4. The van der Waals surface area contributed by atoms with Crippen molar-refractivity contribution >= 4 is 23.9 Å². The van der Waals surface area contributed by atoms with Crippen LogP contribution in [0.15, 0.2) is 23.5 Å². The summed E-state index contributed by atoms with van der Waals surface area (Å²) in [6, 6.07) is 0. The lowest BCUT2D eigenvalue weighted by atomic mass is 9.76. The van der Waals surface area contributed by atoms with Gasteiger partial charge in [0, 0.05) is 7.11 Å². The van der Waals surface area contributed by atoms with Gasteiger partial charge in [0.05, 0.1) is 39.4 Å². The third kappa shape index (κ3) is 4.22. The fourth-order valence-corrected chi connectivity index (χ4v) is 4.04. The summed E-state index contributed by atoms with van der Waals surface area (Å²) >= 11 is 0. The molecule has 0 fully saturated rings. The summed E-state index contributed by atoms with van der Waals surface area (Å²) in [6.07, 6.45) is 2.38. The quantitative estimate of drug-likeness (QED) is 0.344. The Kier molecular flexibility index (Phi) is 7.68. The summed E-state index contributed by atoms with van der Waals surface area (Å²) in [6.45, 7) is 3.02. The SMILES string of the molecule is CCOC(=O)[C@@H]1CC(C(=O)OC)C(C(=O)OC)/C(C(=O)OC)=C(/O)[C@]2(C)C=C[C@@]1(OC)O2. The molecule has 2 rings (SSSR count). The number of ether oxygens (including phenoxy) is 6. The van der Waals surface area contributed by atoms with E-state index in [9.17, 15) is 24.3 Å². The smallest absolute Gasteiger partial charge is 0.338 e. The van der Waals surface area contributed by atoms with E-state index in [1.807, 2.05) is 0 Å². The summed E-state index contributed by atoms with van der Waals surface area (Å²) in [5.74, 6) is -10.7. The van der Waals surface area contributed by atoms with Crippen LogP contribution in [0, 0.1) is 17.8 Å². The molecule has 2 bridgehead atoms. The van der Waals surface area contributed by atoms with Gasteiger partial charge in [0.2, 0.25) is 5.79 Å². The van der Waals surface area contributed by atoms with E-state index in [-0.39, 0.29) is 6.61 Å². The van der Waals surface area contributed by atoms with E-state index in [4.69, 9.17) is 28.4 Å². The molecule has 2 unspecified atom stereocenters. The third-order valence-electron chi connectivity index (χ3n) is 5.67. The van der Waals surface area contributed by atoms with Gasteiger partial charge in [-0.2, -0.15) is 0 Å². The Morgan fingerprint density at radius 3 is 2.16 bits per heavy atom. The fourth-order valence-electron chi connectivity index (χ4n) is 4.04. The largest absolute Gasteiger partial charge is 0.508 e. The molecule has 11 heteroatoms. The van der Waals surface area contributed by atoms with E-state index in [1.54, 1.807) is 6.92 Å². The third-order valence-corrected chi connectivity index (χ3v) is 5.67. The van der Waals surface area contributed by atoms with Crippen molar-refractivity contribution in [2.75, 3.05) is 35.0 Å². The van der Waals surface area contributed by atoms with Crippen LogP contribution in [-0.2, 0) is 47.6 Å². The first-order valence-electron chi connectivity index (χ1n) is 9.85. The normalized spacial score (nSPS) is 34.0. The molecule has 5 atom stereocenters. The predicted octanol–water partition coefficient (Wildman–Crippen LogP) is 0.821. The van der Waals surface area contributed by atoms with E-state index < -0.39 is 70.8 Å². The number of carbonyl (C=O) groups excluding carboxylic acids is 4. The first-order valence-corrected chi connectivity index (χ1v) is 9.85. The van der Waals surface area contributed by atoms with Crippen molar-refractivity contribution in [3.8, 4) is 0 Å². The van der Waals surface area contributed by atoms with Crippen molar-refractivity contribution in [2.45, 2.75) is 31.7 Å². The Hall–Kier alpha value is -2.92. The number of hydrogen-bond acceptors (Lipinski definition) is 11. The first-order chi connectivity index (χ1) is 15.1. The summed E-state index contributed by atoms with van der Waals surface area (Å²) in [4.78, 5) is 51.3. The van der Waals surface area contributed by atoms with Crippen LogP contribution in [0.25, 0.3) is 0 Å². The van der Waals surface area contributed by atoms with Crippen LogP contribution >= 0.6 is 0 Å². The zero-order valence-electron chi connectivity index (χ0n) is 18.8. The molecule has 0 aromatic heterocycles. The van der Waals surface area contributed by atoms with Gasteiger partial charge in [0.25, 0.3) is 0 Å². The highest BCUT2D eigenvalue weighted by Crippen LogP contribution is 2.48. The molecule has 1 N–H and O–H groups in total. The predicted molar refractivity (Wildman–Crippen MR) is 106 cm³/mol. The van der Waals surface area contributed by atoms with Crippen LogP contribution in [0.2, 0.25) is 0 Å². The Bertz CT molecular complexity index is 845. The number of aliphatic hydroxyl groups is 1. The lowest BCUT2D eigenvalue weighted by molar-refractivity contribution is -0.248. The summed E-state index contributed by atoms with van der Waals surface area (Å²) < 4.78 is 31.2. The second-order valence-corrected chi connectivity index (χ2v) is 7.39. The van der Waals surface area contributed by atoms with Gasteiger partial charge in [0.15, 0.2) is 0 Å². The minimum Gasteiger partial charge on any atom is -0.508 e. The Balaban J connectivity index is 2.89. The maximum atomic E-state index is 12.9. The Morgan fingerprint density at radius 2 is 1.66 bits per heavy atom. The topological polar surface area (TPSA) is 144 Å². The van der Waals surface area contributed by atoms with Gasteiger partial charge in [-0.25, -0.2) is 4.79 Å². The number of methoxy groups -OCH3 is 4. The maximum Gasteiger partial charge on any atom is 0.338 e. The first kappa shape index (κ1) is 25.3. The second-order valence-electron chi connectivity index (χ2n) is 7.39. The standard InChI is InChI=1S/C21H28O11/c1-7-31-17(24)12-10-11(16(23)27-3)13(18(25)28-4)14(19(26)29-5)15(22)20(2)8-9-21(12,30-6)32-20/h8-9,11-13,22H,7,10H2,1-6H3/b15-14-/t11?,12-,13?,20-,21+/m0/s1. The molecule has 0 aliphatic carbocycles. The van der Waals surface area contributed by atoms with Crippen molar-refractivity contribution in [2.24, 2.45) is 17.8 Å². The van der Waals surface area contributed by atoms with Crippen LogP contribution in [0.5, 0.6) is 0 Å². The molecule has 0 amide bonds. The van der Waals surface area contributed by atoms with Crippen molar-refractivity contribution < 1.29 is 52.7 Å². The van der Waals surface area contributed by atoms with Gasteiger partial charge in [-0.3, -0.25) is 14.4 Å². The minimum atomic E-state index is -1.77. The van der Waals surface area contributed by atoms with Gasteiger partial charge in [0.1, 0.15) is 23.2 Å². The van der Waals surface area contributed by atoms with Gasteiger partial charge >= 0.3 is 23.9 Å². The molecule has 178 valence electrons. The molecule has 11 nitrogen and oxygen atoms in total. The molecular formula is C21H28O11. The van der Waals surface area contributed by atoms with Gasteiger partial charge < -0.3 is 33.5 Å². The molecule has 2 heterocycles. The lowest BCUT2D eigenvalue weighted by Crippen LogP contribution is -2.48. The van der Waals surface area contributed by atoms with Gasteiger partial charge in [-0.15, -0.1) is 0 Å². The average Bonchev–Trinajstić information content (AvgIpc) is 3.16. The molecule has 0 saturated heterocycles.